The summed E-state index contributed by atoms with van der Waals surface area (Å²) in [7, 11) is 0. The number of likely N-dealkylation sites (tertiary alicyclic amines) is 1. The summed E-state index contributed by atoms with van der Waals surface area (Å²) in [6.45, 7) is 11.4. The second-order valence-corrected chi connectivity index (χ2v) is 8.68. The summed E-state index contributed by atoms with van der Waals surface area (Å²) in [4.78, 5) is 16.9. The van der Waals surface area contributed by atoms with Crippen LogP contribution in [0, 0.1) is 0 Å². The van der Waals surface area contributed by atoms with Crippen molar-refractivity contribution in [1.82, 2.24) is 20.0 Å². The molecule has 26 heavy (non-hydrogen) atoms. The minimum absolute atomic E-state index is 0.0487. The lowest BCUT2D eigenvalue weighted by Gasteiger charge is -2.35. The zero-order chi connectivity index (χ0) is 18.8. The van der Waals surface area contributed by atoms with Crippen LogP contribution >= 0.6 is 0 Å². The number of rotatable bonds is 3. The van der Waals surface area contributed by atoms with E-state index in [2.05, 4.69) is 35.9 Å². The maximum atomic E-state index is 12.8. The molecule has 2 N–H and O–H groups in total. The number of H-pyrrole nitrogens is 1. The zero-order valence-electron chi connectivity index (χ0n) is 16.3. The van der Waals surface area contributed by atoms with Crippen LogP contribution in [0.3, 0.4) is 0 Å². The first kappa shape index (κ1) is 19.3. The predicted molar refractivity (Wildman–Crippen MR) is 99.3 cm³/mol. The second kappa shape index (κ2) is 7.66. The molecule has 2 fully saturated rings. The Morgan fingerprint density at radius 1 is 1.27 bits per heavy atom. The van der Waals surface area contributed by atoms with Crippen LogP contribution in [0.5, 0.6) is 0 Å². The number of hydrogen-bond donors (Lipinski definition) is 2. The van der Waals surface area contributed by atoms with E-state index < -0.39 is 5.60 Å². The molecule has 2 aliphatic heterocycles. The Morgan fingerprint density at radius 2 is 2.00 bits per heavy atom. The van der Waals surface area contributed by atoms with Gasteiger partial charge in [0.1, 0.15) is 5.69 Å². The van der Waals surface area contributed by atoms with Crippen LogP contribution in [0.2, 0.25) is 0 Å². The third-order valence-corrected chi connectivity index (χ3v) is 5.43. The first-order valence-corrected chi connectivity index (χ1v) is 9.65. The summed E-state index contributed by atoms with van der Waals surface area (Å²) in [5, 5.41) is 18.2. The van der Waals surface area contributed by atoms with Crippen molar-refractivity contribution in [2.75, 3.05) is 45.9 Å². The Labute approximate surface area is 155 Å². The quantitative estimate of drug-likeness (QED) is 0.847. The van der Waals surface area contributed by atoms with Gasteiger partial charge in [0.05, 0.1) is 18.8 Å². The molecule has 3 rings (SSSR count). The molecule has 0 aliphatic carbocycles. The van der Waals surface area contributed by atoms with E-state index in [9.17, 15) is 9.90 Å². The SMILES string of the molecule is CC(C)(C)c1cc(C(=O)N2CCCC(O)(CN3CCOCC3)CC2)n[nH]1. The van der Waals surface area contributed by atoms with Crippen LogP contribution in [0.15, 0.2) is 6.07 Å². The van der Waals surface area contributed by atoms with E-state index in [4.69, 9.17) is 4.74 Å². The summed E-state index contributed by atoms with van der Waals surface area (Å²) >= 11 is 0. The fraction of sp³-hybridized carbons (Fsp3) is 0.789. The van der Waals surface area contributed by atoms with Gasteiger partial charge in [0.25, 0.3) is 5.91 Å². The van der Waals surface area contributed by atoms with Crippen LogP contribution < -0.4 is 0 Å². The summed E-state index contributed by atoms with van der Waals surface area (Å²) < 4.78 is 5.38. The van der Waals surface area contributed by atoms with Crippen LogP contribution in [0.1, 0.15) is 56.2 Å². The zero-order valence-corrected chi connectivity index (χ0v) is 16.3. The van der Waals surface area contributed by atoms with Crippen molar-refractivity contribution in [2.24, 2.45) is 0 Å². The number of ether oxygens (including phenoxy) is 1. The highest BCUT2D eigenvalue weighted by Gasteiger charge is 2.34. The van der Waals surface area contributed by atoms with E-state index in [1.54, 1.807) is 0 Å². The highest BCUT2D eigenvalue weighted by Crippen LogP contribution is 2.26. The Bertz CT molecular complexity index is 619. The van der Waals surface area contributed by atoms with Crippen molar-refractivity contribution in [2.45, 2.75) is 51.0 Å². The molecule has 1 unspecified atom stereocenters. The second-order valence-electron chi connectivity index (χ2n) is 8.68. The van der Waals surface area contributed by atoms with E-state index in [0.717, 1.165) is 44.8 Å². The van der Waals surface area contributed by atoms with E-state index >= 15 is 0 Å². The number of amides is 1. The van der Waals surface area contributed by atoms with Crippen molar-refractivity contribution in [1.29, 1.82) is 0 Å². The average Bonchev–Trinajstić information content (AvgIpc) is 3.01. The van der Waals surface area contributed by atoms with Crippen LogP contribution in [-0.2, 0) is 10.2 Å². The molecule has 0 saturated carbocycles. The third-order valence-electron chi connectivity index (χ3n) is 5.43. The molecule has 2 aliphatic rings. The van der Waals surface area contributed by atoms with E-state index in [0.29, 0.717) is 31.7 Å². The molecule has 1 aromatic heterocycles. The van der Waals surface area contributed by atoms with E-state index in [1.807, 2.05) is 11.0 Å². The monoisotopic (exact) mass is 364 g/mol. The lowest BCUT2D eigenvalue weighted by Crippen LogP contribution is -2.48. The van der Waals surface area contributed by atoms with Crippen molar-refractivity contribution in [3.63, 3.8) is 0 Å². The average molecular weight is 364 g/mol. The lowest BCUT2D eigenvalue weighted by atomic mass is 9.92. The topological polar surface area (TPSA) is 81.7 Å². The van der Waals surface area contributed by atoms with Crippen LogP contribution in [0.25, 0.3) is 0 Å². The van der Waals surface area contributed by atoms with Crippen LogP contribution in [0.4, 0.5) is 0 Å². The molecule has 0 aromatic carbocycles. The molecule has 2 saturated heterocycles. The van der Waals surface area contributed by atoms with Crippen molar-refractivity contribution in [3.05, 3.63) is 17.5 Å². The molecule has 146 valence electrons. The summed E-state index contributed by atoms with van der Waals surface area (Å²) in [6.07, 6.45) is 2.14. The van der Waals surface area contributed by atoms with Gasteiger partial charge in [-0.05, 0) is 25.3 Å². The number of hydrogen-bond acceptors (Lipinski definition) is 5. The first-order valence-electron chi connectivity index (χ1n) is 9.65. The highest BCUT2D eigenvalue weighted by atomic mass is 16.5. The highest BCUT2D eigenvalue weighted by molar-refractivity contribution is 5.92. The number of carbonyl (C=O) groups excluding carboxylic acids is 1. The Morgan fingerprint density at radius 3 is 2.65 bits per heavy atom. The molecular weight excluding hydrogens is 332 g/mol. The van der Waals surface area contributed by atoms with E-state index in [-0.39, 0.29) is 11.3 Å². The number of nitrogens with zero attached hydrogens (tertiary/aromatic N) is 3. The van der Waals surface area contributed by atoms with Crippen molar-refractivity contribution < 1.29 is 14.6 Å². The molecule has 1 amide bonds. The minimum Gasteiger partial charge on any atom is -0.388 e. The molecular formula is C19H32N4O3. The van der Waals surface area contributed by atoms with Gasteiger partial charge in [-0.25, -0.2) is 0 Å². The molecule has 7 nitrogen and oxygen atoms in total. The van der Waals surface area contributed by atoms with Crippen molar-refractivity contribution in [3.8, 4) is 0 Å². The van der Waals surface area contributed by atoms with Gasteiger partial charge in [0.15, 0.2) is 0 Å². The van der Waals surface area contributed by atoms with Gasteiger partial charge in [0, 0.05) is 43.8 Å². The van der Waals surface area contributed by atoms with Gasteiger partial charge < -0.3 is 14.7 Å². The van der Waals surface area contributed by atoms with Gasteiger partial charge in [-0.15, -0.1) is 0 Å². The number of nitrogens with one attached hydrogen (secondary N) is 1. The molecule has 1 atom stereocenters. The molecule has 3 heterocycles. The smallest absolute Gasteiger partial charge is 0.274 e. The van der Waals surface area contributed by atoms with E-state index in [1.165, 1.54) is 0 Å². The predicted octanol–water partition coefficient (Wildman–Crippen LogP) is 1.40. The molecule has 0 bridgehead atoms. The number of aliphatic hydroxyl groups is 1. The summed E-state index contributed by atoms with van der Waals surface area (Å²) in [5.41, 5.74) is 0.630. The van der Waals surface area contributed by atoms with Gasteiger partial charge in [0.2, 0.25) is 0 Å². The Balaban J connectivity index is 1.60. The summed E-state index contributed by atoms with van der Waals surface area (Å²) in [6, 6.07) is 1.85. The lowest BCUT2D eigenvalue weighted by molar-refractivity contribution is -0.0389. The maximum absolute atomic E-state index is 12.8. The number of aromatic amines is 1. The molecule has 1 aromatic rings. The first-order chi connectivity index (χ1) is 12.3. The molecule has 0 spiro atoms. The van der Waals surface area contributed by atoms with Crippen LogP contribution in [-0.4, -0.2) is 82.5 Å². The van der Waals surface area contributed by atoms with Gasteiger partial charge >= 0.3 is 0 Å². The van der Waals surface area contributed by atoms with Gasteiger partial charge in [-0.2, -0.15) is 5.10 Å². The molecule has 7 heteroatoms. The summed E-state index contributed by atoms with van der Waals surface area (Å²) in [5.74, 6) is -0.0487. The fourth-order valence-corrected chi connectivity index (χ4v) is 3.69. The Kier molecular flexibility index (Phi) is 5.69. The minimum atomic E-state index is -0.728. The van der Waals surface area contributed by atoms with Gasteiger partial charge in [-0.3, -0.25) is 14.8 Å². The number of aromatic nitrogens is 2. The Hall–Kier alpha value is -1.44. The largest absolute Gasteiger partial charge is 0.388 e. The number of carbonyl (C=O) groups is 1. The number of morpholine rings is 1. The number of β-amino-alcohol motifs (C(OH)–C–C–N with tert-alkyl or cyclic N) is 1. The maximum Gasteiger partial charge on any atom is 0.274 e. The normalized spacial score (nSPS) is 25.9. The fourth-order valence-electron chi connectivity index (χ4n) is 3.69. The van der Waals surface area contributed by atoms with Gasteiger partial charge in [-0.1, -0.05) is 20.8 Å². The standard InChI is InChI=1S/C19H32N4O3/c1-18(2,3)16-13-15(20-21-16)17(24)23-7-4-5-19(25,6-8-23)14-22-9-11-26-12-10-22/h13,25H,4-12,14H2,1-3H3,(H,20,21). The van der Waals surface area contributed by atoms with Crippen molar-refractivity contribution >= 4 is 5.91 Å². The molecule has 0 radical (unpaired) electrons. The third kappa shape index (κ3) is 4.64.